The SMILES string of the molecule is Cc1ccc(Oc2ccc(C)c(C)c2O)c(O)c1C. The highest BCUT2D eigenvalue weighted by Gasteiger charge is 2.13. The van der Waals surface area contributed by atoms with Crippen molar-refractivity contribution in [2.75, 3.05) is 0 Å². The van der Waals surface area contributed by atoms with Crippen molar-refractivity contribution in [1.82, 2.24) is 0 Å². The lowest BCUT2D eigenvalue weighted by molar-refractivity contribution is 0.382. The van der Waals surface area contributed by atoms with Gasteiger partial charge in [0.1, 0.15) is 0 Å². The quantitative estimate of drug-likeness (QED) is 0.851. The van der Waals surface area contributed by atoms with Gasteiger partial charge in [-0.3, -0.25) is 0 Å². The van der Waals surface area contributed by atoms with Gasteiger partial charge in [0.05, 0.1) is 0 Å². The number of rotatable bonds is 2. The van der Waals surface area contributed by atoms with Gasteiger partial charge in [0, 0.05) is 0 Å². The van der Waals surface area contributed by atoms with Gasteiger partial charge in [-0.25, -0.2) is 0 Å². The van der Waals surface area contributed by atoms with Gasteiger partial charge >= 0.3 is 0 Å². The highest BCUT2D eigenvalue weighted by molar-refractivity contribution is 5.54. The molecule has 2 aromatic carbocycles. The second-order valence-electron chi connectivity index (χ2n) is 4.81. The number of aromatic hydroxyl groups is 2. The Morgan fingerprint density at radius 2 is 1.05 bits per heavy atom. The van der Waals surface area contributed by atoms with Crippen molar-refractivity contribution in [3.05, 3.63) is 46.5 Å². The Balaban J connectivity index is 2.43. The highest BCUT2D eigenvalue weighted by atomic mass is 16.5. The maximum atomic E-state index is 10.0. The van der Waals surface area contributed by atoms with Crippen molar-refractivity contribution < 1.29 is 14.9 Å². The first-order valence-electron chi connectivity index (χ1n) is 6.18. The molecule has 0 spiro atoms. The van der Waals surface area contributed by atoms with E-state index in [1.807, 2.05) is 39.8 Å². The molecule has 0 fully saturated rings. The summed E-state index contributed by atoms with van der Waals surface area (Å²) in [5.41, 5.74) is 3.55. The molecule has 0 amide bonds. The molecule has 0 unspecified atom stereocenters. The van der Waals surface area contributed by atoms with Crippen LogP contribution in [0.4, 0.5) is 0 Å². The number of hydrogen-bond acceptors (Lipinski definition) is 3. The van der Waals surface area contributed by atoms with Crippen LogP contribution in [0.2, 0.25) is 0 Å². The largest absolute Gasteiger partial charge is 0.504 e. The van der Waals surface area contributed by atoms with E-state index in [9.17, 15) is 10.2 Å². The summed E-state index contributed by atoms with van der Waals surface area (Å²) in [6.45, 7) is 7.51. The van der Waals surface area contributed by atoms with Gasteiger partial charge in [0.2, 0.25) is 0 Å². The Kier molecular flexibility index (Phi) is 3.38. The summed E-state index contributed by atoms with van der Waals surface area (Å²) >= 11 is 0. The van der Waals surface area contributed by atoms with Gasteiger partial charge in [0.25, 0.3) is 0 Å². The van der Waals surface area contributed by atoms with E-state index >= 15 is 0 Å². The number of benzene rings is 2. The molecule has 2 aromatic rings. The molecule has 0 saturated carbocycles. The normalized spacial score (nSPS) is 10.5. The van der Waals surface area contributed by atoms with Crippen molar-refractivity contribution >= 4 is 0 Å². The Morgan fingerprint density at radius 1 is 0.684 bits per heavy atom. The van der Waals surface area contributed by atoms with Gasteiger partial charge in [-0.05, 0) is 62.1 Å². The van der Waals surface area contributed by atoms with Crippen LogP contribution in [0.1, 0.15) is 22.3 Å². The van der Waals surface area contributed by atoms with Crippen LogP contribution >= 0.6 is 0 Å². The number of phenolic OH excluding ortho intramolecular Hbond substituents is 2. The zero-order valence-electron chi connectivity index (χ0n) is 11.6. The van der Waals surface area contributed by atoms with Crippen molar-refractivity contribution in [2.24, 2.45) is 0 Å². The molecule has 0 saturated heterocycles. The molecule has 0 radical (unpaired) electrons. The van der Waals surface area contributed by atoms with Crippen molar-refractivity contribution in [2.45, 2.75) is 27.7 Å². The summed E-state index contributed by atoms with van der Waals surface area (Å²) in [6, 6.07) is 7.16. The molecule has 0 atom stereocenters. The molecule has 0 bridgehead atoms. The number of aryl methyl sites for hydroxylation is 2. The molecule has 2 N–H and O–H groups in total. The fraction of sp³-hybridized carbons (Fsp3) is 0.250. The van der Waals surface area contributed by atoms with Gasteiger partial charge in [0.15, 0.2) is 23.0 Å². The number of ether oxygens (including phenoxy) is 1. The topological polar surface area (TPSA) is 49.7 Å². The zero-order valence-corrected chi connectivity index (χ0v) is 11.6. The van der Waals surface area contributed by atoms with Crippen LogP contribution in [0.3, 0.4) is 0 Å². The van der Waals surface area contributed by atoms with E-state index < -0.39 is 0 Å². The van der Waals surface area contributed by atoms with E-state index in [-0.39, 0.29) is 11.5 Å². The number of phenols is 2. The van der Waals surface area contributed by atoms with Crippen LogP contribution in [0.15, 0.2) is 24.3 Å². The van der Waals surface area contributed by atoms with Crippen molar-refractivity contribution in [3.8, 4) is 23.0 Å². The van der Waals surface area contributed by atoms with E-state index in [0.29, 0.717) is 11.5 Å². The van der Waals surface area contributed by atoms with E-state index in [0.717, 1.165) is 22.3 Å². The predicted molar refractivity (Wildman–Crippen MR) is 75.2 cm³/mol. The lowest BCUT2D eigenvalue weighted by Gasteiger charge is -2.13. The molecule has 3 heteroatoms. The smallest absolute Gasteiger partial charge is 0.169 e. The lowest BCUT2D eigenvalue weighted by Crippen LogP contribution is -1.91. The predicted octanol–water partition coefficient (Wildman–Crippen LogP) is 4.12. The van der Waals surface area contributed by atoms with Gasteiger partial charge in [-0.15, -0.1) is 0 Å². The van der Waals surface area contributed by atoms with E-state index in [4.69, 9.17) is 4.74 Å². The Labute approximate surface area is 113 Å². The molecular formula is C16H18O3. The maximum Gasteiger partial charge on any atom is 0.169 e. The van der Waals surface area contributed by atoms with Crippen LogP contribution in [0.25, 0.3) is 0 Å². The van der Waals surface area contributed by atoms with E-state index in [2.05, 4.69) is 0 Å². The van der Waals surface area contributed by atoms with E-state index in [1.165, 1.54) is 0 Å². The van der Waals surface area contributed by atoms with Crippen LogP contribution in [0.5, 0.6) is 23.0 Å². The molecule has 0 aliphatic carbocycles. The van der Waals surface area contributed by atoms with Crippen LogP contribution in [-0.4, -0.2) is 10.2 Å². The molecule has 3 nitrogen and oxygen atoms in total. The van der Waals surface area contributed by atoms with Crippen LogP contribution < -0.4 is 4.74 Å². The summed E-state index contributed by atoms with van der Waals surface area (Å²) in [4.78, 5) is 0. The van der Waals surface area contributed by atoms with Crippen molar-refractivity contribution in [1.29, 1.82) is 0 Å². The third kappa shape index (κ3) is 2.36. The molecule has 0 aromatic heterocycles. The standard InChI is InChI=1S/C16H18O3/c1-9-5-7-13(15(17)11(9)3)19-14-8-6-10(2)12(4)16(14)18/h5-8,17-18H,1-4H3. The lowest BCUT2D eigenvalue weighted by atomic mass is 10.1. The second-order valence-corrected chi connectivity index (χ2v) is 4.81. The first-order chi connectivity index (χ1) is 8.91. The third-order valence-electron chi connectivity index (χ3n) is 3.55. The first-order valence-corrected chi connectivity index (χ1v) is 6.18. The molecule has 0 aliphatic heterocycles. The third-order valence-corrected chi connectivity index (χ3v) is 3.55. The summed E-state index contributed by atoms with van der Waals surface area (Å²) in [7, 11) is 0. The molecule has 0 heterocycles. The minimum Gasteiger partial charge on any atom is -0.504 e. The molecule has 0 aliphatic rings. The van der Waals surface area contributed by atoms with Gasteiger partial charge < -0.3 is 14.9 Å². The fourth-order valence-electron chi connectivity index (χ4n) is 1.84. The zero-order chi connectivity index (χ0) is 14.2. The average molecular weight is 258 g/mol. The molecule has 2 rings (SSSR count). The highest BCUT2D eigenvalue weighted by Crippen LogP contribution is 2.39. The average Bonchev–Trinajstić information content (AvgIpc) is 2.39. The van der Waals surface area contributed by atoms with Gasteiger partial charge in [-0.2, -0.15) is 0 Å². The second kappa shape index (κ2) is 4.84. The summed E-state index contributed by atoms with van der Waals surface area (Å²) < 4.78 is 5.61. The summed E-state index contributed by atoms with van der Waals surface area (Å²) in [6.07, 6.45) is 0. The Morgan fingerprint density at radius 3 is 1.42 bits per heavy atom. The number of hydrogen-bond donors (Lipinski definition) is 2. The van der Waals surface area contributed by atoms with Crippen molar-refractivity contribution in [3.63, 3.8) is 0 Å². The summed E-state index contributed by atoms with van der Waals surface area (Å²) in [5.74, 6) is 0.915. The Bertz CT molecular complexity index is 575. The Hall–Kier alpha value is -2.16. The fourth-order valence-corrected chi connectivity index (χ4v) is 1.84. The minimum absolute atomic E-state index is 0.109. The van der Waals surface area contributed by atoms with E-state index in [1.54, 1.807) is 12.1 Å². The molecular weight excluding hydrogens is 240 g/mol. The first kappa shape index (κ1) is 13.3. The maximum absolute atomic E-state index is 10.0. The minimum atomic E-state index is 0.109. The molecule has 100 valence electrons. The molecule has 19 heavy (non-hydrogen) atoms. The van der Waals surface area contributed by atoms with Gasteiger partial charge in [-0.1, -0.05) is 12.1 Å². The summed E-state index contributed by atoms with van der Waals surface area (Å²) in [5, 5.41) is 20.1. The van der Waals surface area contributed by atoms with Crippen LogP contribution in [-0.2, 0) is 0 Å². The van der Waals surface area contributed by atoms with Crippen LogP contribution in [0, 0.1) is 27.7 Å². The monoisotopic (exact) mass is 258 g/mol.